The number of nitrogens with one attached hydrogen (secondary N) is 2. The SMILES string of the molecule is CC(=O)Nc1ccc(N2C(=O)c3ccc(-c4ccco4)n3C[C@]2(C)C(=O)NCc2ccc(Cl)cc2)cc1. The van der Waals surface area contributed by atoms with Gasteiger partial charge in [-0.15, -0.1) is 0 Å². The van der Waals surface area contributed by atoms with Crippen LogP contribution in [0.4, 0.5) is 11.4 Å². The van der Waals surface area contributed by atoms with Gasteiger partial charge in [-0.25, -0.2) is 0 Å². The van der Waals surface area contributed by atoms with Crippen molar-refractivity contribution in [3.63, 3.8) is 0 Å². The van der Waals surface area contributed by atoms with Crippen LogP contribution in [-0.2, 0) is 22.7 Å². The molecule has 8 nitrogen and oxygen atoms in total. The predicted molar refractivity (Wildman–Crippen MR) is 141 cm³/mol. The lowest BCUT2D eigenvalue weighted by molar-refractivity contribution is -0.126. The number of nitrogens with zero attached hydrogens (tertiary/aromatic N) is 2. The minimum Gasteiger partial charge on any atom is -0.463 e. The molecule has 0 fully saturated rings. The number of fused-ring (bicyclic) bond motifs is 1. The summed E-state index contributed by atoms with van der Waals surface area (Å²) in [7, 11) is 0. The molecule has 2 aromatic heterocycles. The fraction of sp³-hybridized carbons (Fsp3) is 0.179. The van der Waals surface area contributed by atoms with Crippen LogP contribution in [0.2, 0.25) is 5.02 Å². The van der Waals surface area contributed by atoms with E-state index in [0.717, 1.165) is 5.56 Å². The molecule has 0 spiro atoms. The highest BCUT2D eigenvalue weighted by Gasteiger charge is 2.48. The maximum absolute atomic E-state index is 13.9. The Morgan fingerprint density at radius 2 is 1.70 bits per heavy atom. The monoisotopic (exact) mass is 516 g/mol. The number of carbonyl (C=O) groups is 3. The second-order valence-corrected chi connectivity index (χ2v) is 9.56. The summed E-state index contributed by atoms with van der Waals surface area (Å²) in [5.41, 5.74) is 1.90. The van der Waals surface area contributed by atoms with E-state index in [1.807, 2.05) is 28.8 Å². The van der Waals surface area contributed by atoms with Crippen LogP contribution < -0.4 is 15.5 Å². The Bertz CT molecular complexity index is 1460. The number of hydrogen-bond donors (Lipinski definition) is 2. The van der Waals surface area contributed by atoms with Crippen molar-refractivity contribution in [1.82, 2.24) is 9.88 Å². The van der Waals surface area contributed by atoms with Gasteiger partial charge in [-0.05, 0) is 73.2 Å². The Morgan fingerprint density at radius 1 is 1.00 bits per heavy atom. The average Bonchev–Trinajstić information content (AvgIpc) is 3.54. The third-order valence-electron chi connectivity index (χ3n) is 6.44. The highest BCUT2D eigenvalue weighted by atomic mass is 35.5. The quantitative estimate of drug-likeness (QED) is 0.373. The van der Waals surface area contributed by atoms with E-state index in [4.69, 9.17) is 16.0 Å². The summed E-state index contributed by atoms with van der Waals surface area (Å²) in [6.07, 6.45) is 1.57. The molecule has 9 heteroatoms. The Balaban J connectivity index is 1.53. The van der Waals surface area contributed by atoms with Crippen molar-refractivity contribution in [3.8, 4) is 11.5 Å². The number of furan rings is 1. The molecule has 1 aliphatic rings. The van der Waals surface area contributed by atoms with E-state index >= 15 is 0 Å². The van der Waals surface area contributed by atoms with E-state index in [9.17, 15) is 14.4 Å². The molecule has 3 heterocycles. The number of amides is 3. The lowest BCUT2D eigenvalue weighted by Gasteiger charge is -2.44. The number of carbonyl (C=O) groups excluding carboxylic acids is 3. The molecule has 0 unspecified atom stereocenters. The molecule has 0 radical (unpaired) electrons. The molecule has 37 heavy (non-hydrogen) atoms. The van der Waals surface area contributed by atoms with Crippen molar-refractivity contribution >= 4 is 40.7 Å². The predicted octanol–water partition coefficient (Wildman–Crippen LogP) is 5.10. The Morgan fingerprint density at radius 3 is 2.35 bits per heavy atom. The summed E-state index contributed by atoms with van der Waals surface area (Å²) in [5, 5.41) is 6.33. The maximum atomic E-state index is 13.9. The van der Waals surface area contributed by atoms with Crippen LogP contribution in [-0.4, -0.2) is 27.8 Å². The van der Waals surface area contributed by atoms with Crippen molar-refractivity contribution in [1.29, 1.82) is 0 Å². The molecular formula is C28H25ClN4O4. The molecule has 3 amide bonds. The fourth-order valence-electron chi connectivity index (χ4n) is 4.63. The van der Waals surface area contributed by atoms with Gasteiger partial charge < -0.3 is 19.6 Å². The smallest absolute Gasteiger partial charge is 0.275 e. The first-order chi connectivity index (χ1) is 17.8. The summed E-state index contributed by atoms with van der Waals surface area (Å²) < 4.78 is 7.41. The molecule has 188 valence electrons. The van der Waals surface area contributed by atoms with Crippen molar-refractivity contribution < 1.29 is 18.8 Å². The number of anilines is 2. The second kappa shape index (κ2) is 9.63. The summed E-state index contributed by atoms with van der Waals surface area (Å²) in [6.45, 7) is 3.66. The van der Waals surface area contributed by atoms with Crippen molar-refractivity contribution in [2.45, 2.75) is 32.5 Å². The molecule has 1 atom stereocenters. The van der Waals surface area contributed by atoms with E-state index < -0.39 is 5.54 Å². The van der Waals surface area contributed by atoms with E-state index in [-0.39, 0.29) is 30.8 Å². The molecule has 1 aliphatic heterocycles. The first-order valence-electron chi connectivity index (χ1n) is 11.7. The number of aromatic nitrogens is 1. The van der Waals surface area contributed by atoms with Gasteiger partial charge in [0.25, 0.3) is 5.91 Å². The van der Waals surface area contributed by atoms with Crippen molar-refractivity contribution in [2.75, 3.05) is 10.2 Å². The molecule has 5 rings (SSSR count). The summed E-state index contributed by atoms with van der Waals surface area (Å²) in [4.78, 5) is 40.7. The third-order valence-corrected chi connectivity index (χ3v) is 6.69. The van der Waals surface area contributed by atoms with Gasteiger partial charge in [-0.3, -0.25) is 19.3 Å². The topological polar surface area (TPSA) is 96.6 Å². The molecule has 0 saturated heterocycles. The maximum Gasteiger partial charge on any atom is 0.275 e. The van der Waals surface area contributed by atoms with Gasteiger partial charge in [0.15, 0.2) is 0 Å². The largest absolute Gasteiger partial charge is 0.463 e. The van der Waals surface area contributed by atoms with Crippen molar-refractivity contribution in [3.05, 3.63) is 95.3 Å². The zero-order valence-corrected chi connectivity index (χ0v) is 21.1. The number of rotatable bonds is 6. The van der Waals surface area contributed by atoms with Gasteiger partial charge in [0.2, 0.25) is 11.8 Å². The summed E-state index contributed by atoms with van der Waals surface area (Å²) in [5.74, 6) is -0.223. The number of hydrogen-bond acceptors (Lipinski definition) is 4. The van der Waals surface area contributed by atoms with Gasteiger partial charge >= 0.3 is 0 Å². The number of benzene rings is 2. The van der Waals surface area contributed by atoms with Crippen molar-refractivity contribution in [2.24, 2.45) is 0 Å². The third kappa shape index (κ3) is 4.63. The minimum atomic E-state index is -1.27. The molecule has 0 saturated carbocycles. The summed E-state index contributed by atoms with van der Waals surface area (Å²) >= 11 is 5.99. The zero-order valence-electron chi connectivity index (χ0n) is 20.3. The van der Waals surface area contributed by atoms with Crippen LogP contribution in [0.15, 0.2) is 83.5 Å². The Labute approximate surface area is 218 Å². The van der Waals surface area contributed by atoms with E-state index in [0.29, 0.717) is 33.5 Å². The van der Waals surface area contributed by atoms with E-state index in [1.165, 1.54) is 11.8 Å². The first kappa shape index (κ1) is 24.4. The Kier molecular flexibility index (Phi) is 6.35. The van der Waals surface area contributed by atoms with Crippen LogP contribution >= 0.6 is 11.6 Å². The first-order valence-corrected chi connectivity index (χ1v) is 12.1. The van der Waals surface area contributed by atoms with Crippen LogP contribution in [0.25, 0.3) is 11.5 Å². The highest BCUT2D eigenvalue weighted by molar-refractivity contribution is 6.30. The zero-order chi connectivity index (χ0) is 26.2. The van der Waals surface area contributed by atoms with Crippen LogP contribution in [0.5, 0.6) is 0 Å². The minimum absolute atomic E-state index is 0.198. The fourth-order valence-corrected chi connectivity index (χ4v) is 4.76. The molecule has 2 N–H and O–H groups in total. The lowest BCUT2D eigenvalue weighted by atomic mass is 9.93. The van der Waals surface area contributed by atoms with E-state index in [2.05, 4.69) is 10.6 Å². The van der Waals surface area contributed by atoms with Crippen LogP contribution in [0, 0.1) is 0 Å². The van der Waals surface area contributed by atoms with Gasteiger partial charge in [-0.1, -0.05) is 23.7 Å². The highest BCUT2D eigenvalue weighted by Crippen LogP contribution is 2.37. The van der Waals surface area contributed by atoms with E-state index in [1.54, 1.807) is 61.7 Å². The molecule has 4 aromatic rings. The molecule has 2 aromatic carbocycles. The molecular weight excluding hydrogens is 492 g/mol. The van der Waals surface area contributed by atoms with Crippen LogP contribution in [0.1, 0.15) is 29.9 Å². The van der Waals surface area contributed by atoms with Gasteiger partial charge in [-0.2, -0.15) is 0 Å². The van der Waals surface area contributed by atoms with Gasteiger partial charge in [0.1, 0.15) is 17.0 Å². The normalized spacial score (nSPS) is 16.8. The second-order valence-electron chi connectivity index (χ2n) is 9.12. The van der Waals surface area contributed by atoms with Gasteiger partial charge in [0, 0.05) is 29.9 Å². The lowest BCUT2D eigenvalue weighted by Crippen LogP contribution is -2.64. The van der Waals surface area contributed by atoms with Crippen LogP contribution in [0.3, 0.4) is 0 Å². The number of halogens is 1. The summed E-state index contributed by atoms with van der Waals surface area (Å²) in [6, 6.07) is 21.2. The standard InChI is InChI=1S/C28H25ClN4O4/c1-18(34)31-21-9-11-22(12-10-21)33-26(35)24-14-13-23(25-4-3-15-37-25)32(24)17-28(33,2)27(36)30-16-19-5-7-20(29)8-6-19/h3-15H,16-17H2,1-2H3,(H,30,36)(H,31,34)/t28-/m1/s1. The average molecular weight is 517 g/mol. The molecule has 0 aliphatic carbocycles. The Hall–Kier alpha value is -4.30. The van der Waals surface area contributed by atoms with Gasteiger partial charge in [0.05, 0.1) is 18.5 Å². The molecule has 0 bridgehead atoms.